The molecule has 19 heavy (non-hydrogen) atoms. The quantitative estimate of drug-likeness (QED) is 0.341. The van der Waals surface area contributed by atoms with Crippen molar-refractivity contribution in [2.24, 2.45) is 21.6 Å². The molecule has 0 aliphatic heterocycles. The van der Waals surface area contributed by atoms with Crippen LogP contribution in [0.25, 0.3) is 5.70 Å². The second-order valence-electron chi connectivity index (χ2n) is 3.82. The van der Waals surface area contributed by atoms with E-state index in [1.807, 2.05) is 0 Å². The van der Waals surface area contributed by atoms with E-state index in [0.717, 1.165) is 5.56 Å². The first-order chi connectivity index (χ1) is 8.93. The summed E-state index contributed by atoms with van der Waals surface area (Å²) in [5.41, 5.74) is 13.4. The molecule has 0 amide bonds. The van der Waals surface area contributed by atoms with Crippen molar-refractivity contribution in [2.45, 2.75) is 6.92 Å². The highest BCUT2D eigenvalue weighted by Crippen LogP contribution is 2.14. The lowest BCUT2D eigenvalue weighted by Crippen LogP contribution is -2.23. The van der Waals surface area contributed by atoms with Crippen molar-refractivity contribution in [1.82, 2.24) is 0 Å². The molecule has 6 heteroatoms. The van der Waals surface area contributed by atoms with Crippen LogP contribution in [0.3, 0.4) is 0 Å². The number of allylic oxidation sites excluding steroid dienone is 1. The molecule has 1 aromatic rings. The molecule has 0 atom stereocenters. The summed E-state index contributed by atoms with van der Waals surface area (Å²) in [6.07, 6.45) is 1.51. The third-order valence-corrected chi connectivity index (χ3v) is 2.40. The predicted molar refractivity (Wildman–Crippen MR) is 79.3 cm³/mol. The Kier molecular flexibility index (Phi) is 5.14. The molecule has 100 valence electrons. The second-order valence-corrected chi connectivity index (χ2v) is 4.26. The number of nitrogens with two attached hydrogens (primary N) is 2. The second kappa shape index (κ2) is 6.61. The standard InChI is InChI=1S/C13H15ClN4O/c1-8(2)17-12(13(16)18-19)7-11(15)9-3-5-10(14)6-4-9/h3-7,19H,1,15H2,2H3,(H2,16,18)/b11-7-,17-12+. The first-order valence-corrected chi connectivity index (χ1v) is 5.77. The summed E-state index contributed by atoms with van der Waals surface area (Å²) in [4.78, 5) is 4.05. The van der Waals surface area contributed by atoms with Gasteiger partial charge in [0.25, 0.3) is 0 Å². The van der Waals surface area contributed by atoms with Crippen molar-refractivity contribution in [1.29, 1.82) is 0 Å². The molecule has 0 saturated heterocycles. The van der Waals surface area contributed by atoms with Crippen LogP contribution in [0.4, 0.5) is 0 Å². The van der Waals surface area contributed by atoms with Crippen molar-refractivity contribution in [2.75, 3.05) is 0 Å². The van der Waals surface area contributed by atoms with Gasteiger partial charge < -0.3 is 16.7 Å². The highest BCUT2D eigenvalue weighted by molar-refractivity contribution is 6.46. The fourth-order valence-corrected chi connectivity index (χ4v) is 1.42. The fourth-order valence-electron chi connectivity index (χ4n) is 1.29. The third kappa shape index (κ3) is 4.48. The van der Waals surface area contributed by atoms with E-state index in [1.165, 1.54) is 6.08 Å². The normalized spacial score (nSPS) is 13.5. The predicted octanol–water partition coefficient (Wildman–Crippen LogP) is 2.36. The molecule has 1 aromatic carbocycles. The molecule has 0 saturated carbocycles. The molecule has 0 heterocycles. The van der Waals surface area contributed by atoms with Gasteiger partial charge >= 0.3 is 0 Å². The van der Waals surface area contributed by atoms with Gasteiger partial charge in [-0.1, -0.05) is 35.5 Å². The molecule has 0 aromatic heterocycles. The maximum atomic E-state index is 8.70. The van der Waals surface area contributed by atoms with Crippen molar-refractivity contribution >= 4 is 28.8 Å². The molecule has 0 aliphatic carbocycles. The number of halogens is 1. The SMILES string of the molecule is C=C(C)/N=C(\C=C(/N)c1ccc(Cl)cc1)C(/N)=N/O. The lowest BCUT2D eigenvalue weighted by Gasteiger charge is -2.04. The van der Waals surface area contributed by atoms with Gasteiger partial charge in [-0.05, 0) is 30.7 Å². The van der Waals surface area contributed by atoms with Crippen LogP contribution in [-0.4, -0.2) is 16.8 Å². The van der Waals surface area contributed by atoms with Crippen molar-refractivity contribution in [3.63, 3.8) is 0 Å². The van der Waals surface area contributed by atoms with E-state index in [4.69, 9.17) is 28.3 Å². The Hall–Kier alpha value is -2.27. The average molecular weight is 279 g/mol. The fraction of sp³-hybridized carbons (Fsp3) is 0.0769. The van der Waals surface area contributed by atoms with Gasteiger partial charge in [0.1, 0.15) is 5.71 Å². The van der Waals surface area contributed by atoms with Gasteiger partial charge in [-0.2, -0.15) is 0 Å². The van der Waals surface area contributed by atoms with Crippen molar-refractivity contribution < 1.29 is 5.21 Å². The largest absolute Gasteiger partial charge is 0.409 e. The molecule has 0 radical (unpaired) electrons. The summed E-state index contributed by atoms with van der Waals surface area (Å²) in [5, 5.41) is 12.2. The van der Waals surface area contributed by atoms with Crippen LogP contribution < -0.4 is 11.5 Å². The molecular formula is C13H15ClN4O. The molecule has 5 N–H and O–H groups in total. The molecule has 0 spiro atoms. The van der Waals surface area contributed by atoms with E-state index < -0.39 is 0 Å². The number of oxime groups is 1. The average Bonchev–Trinajstić information content (AvgIpc) is 2.37. The minimum absolute atomic E-state index is 0.139. The van der Waals surface area contributed by atoms with Gasteiger partial charge in [0.05, 0.1) is 0 Å². The number of aliphatic imine (C=N–C) groups is 1. The lowest BCUT2D eigenvalue weighted by atomic mass is 10.1. The van der Waals surface area contributed by atoms with Crippen molar-refractivity contribution in [3.8, 4) is 0 Å². The maximum absolute atomic E-state index is 8.70. The summed E-state index contributed by atoms with van der Waals surface area (Å²) in [6, 6.07) is 6.96. The zero-order valence-electron chi connectivity index (χ0n) is 10.5. The van der Waals surface area contributed by atoms with E-state index in [2.05, 4.69) is 16.7 Å². The van der Waals surface area contributed by atoms with Gasteiger partial charge in [-0.3, -0.25) is 4.99 Å². The van der Waals surface area contributed by atoms with E-state index >= 15 is 0 Å². The molecule has 0 bridgehead atoms. The van der Waals surface area contributed by atoms with Gasteiger partial charge in [-0.25, -0.2) is 0 Å². The van der Waals surface area contributed by atoms with E-state index in [0.29, 0.717) is 16.4 Å². The summed E-state index contributed by atoms with van der Waals surface area (Å²) in [6.45, 7) is 5.33. The maximum Gasteiger partial charge on any atom is 0.188 e. The van der Waals surface area contributed by atoms with Crippen LogP contribution in [0.1, 0.15) is 12.5 Å². The highest BCUT2D eigenvalue weighted by atomic mass is 35.5. The Morgan fingerprint density at radius 3 is 2.37 bits per heavy atom. The first kappa shape index (κ1) is 14.8. The van der Waals surface area contributed by atoms with Crippen LogP contribution in [0.15, 0.2) is 52.8 Å². The number of rotatable bonds is 4. The third-order valence-electron chi connectivity index (χ3n) is 2.15. The molecule has 5 nitrogen and oxygen atoms in total. The van der Waals surface area contributed by atoms with Gasteiger partial charge in [-0.15, -0.1) is 0 Å². The minimum Gasteiger partial charge on any atom is -0.409 e. The van der Waals surface area contributed by atoms with E-state index in [-0.39, 0.29) is 11.5 Å². The van der Waals surface area contributed by atoms with Crippen LogP contribution >= 0.6 is 11.6 Å². The number of benzene rings is 1. The Bertz CT molecular complexity index is 559. The summed E-state index contributed by atoms with van der Waals surface area (Å²) >= 11 is 5.80. The molecule has 0 unspecified atom stereocenters. The van der Waals surface area contributed by atoms with Crippen molar-refractivity contribution in [3.05, 3.63) is 53.2 Å². The topological polar surface area (TPSA) is 97.0 Å². The van der Waals surface area contributed by atoms with Crippen LogP contribution in [-0.2, 0) is 0 Å². The summed E-state index contributed by atoms with van der Waals surface area (Å²) in [7, 11) is 0. The molecule has 0 fully saturated rings. The Morgan fingerprint density at radius 1 is 1.32 bits per heavy atom. The number of hydrogen-bond acceptors (Lipinski definition) is 4. The number of nitrogens with zero attached hydrogens (tertiary/aromatic N) is 2. The number of hydrogen-bond donors (Lipinski definition) is 3. The van der Waals surface area contributed by atoms with Gasteiger partial charge in [0.15, 0.2) is 5.84 Å². The Morgan fingerprint density at radius 2 is 1.89 bits per heavy atom. The summed E-state index contributed by atoms with van der Waals surface area (Å²) < 4.78 is 0. The zero-order valence-corrected chi connectivity index (χ0v) is 11.2. The van der Waals surface area contributed by atoms with Gasteiger partial charge in [0.2, 0.25) is 0 Å². The van der Waals surface area contributed by atoms with E-state index in [9.17, 15) is 0 Å². The molecule has 1 rings (SSSR count). The smallest absolute Gasteiger partial charge is 0.188 e. The Balaban J connectivity index is 3.16. The Labute approximate surface area is 116 Å². The lowest BCUT2D eigenvalue weighted by molar-refractivity contribution is 0.319. The van der Waals surface area contributed by atoms with E-state index in [1.54, 1.807) is 31.2 Å². The van der Waals surface area contributed by atoms with Crippen LogP contribution in [0.5, 0.6) is 0 Å². The number of amidine groups is 1. The first-order valence-electron chi connectivity index (χ1n) is 5.39. The summed E-state index contributed by atoms with van der Waals surface area (Å²) in [5.74, 6) is -0.139. The minimum atomic E-state index is -0.139. The molecule has 0 aliphatic rings. The van der Waals surface area contributed by atoms with Crippen LogP contribution in [0, 0.1) is 0 Å². The monoisotopic (exact) mass is 278 g/mol. The molecular weight excluding hydrogens is 264 g/mol. The van der Waals surface area contributed by atoms with Gasteiger partial charge in [0, 0.05) is 16.4 Å². The highest BCUT2D eigenvalue weighted by Gasteiger charge is 2.05. The zero-order chi connectivity index (χ0) is 14.4. The van der Waals surface area contributed by atoms with Crippen LogP contribution in [0.2, 0.25) is 5.02 Å².